The van der Waals surface area contributed by atoms with Gasteiger partial charge >= 0.3 is 5.97 Å². The Balaban J connectivity index is 0.000000257. The van der Waals surface area contributed by atoms with Gasteiger partial charge in [-0.3, -0.25) is 4.79 Å². The second kappa shape index (κ2) is 11.3. The van der Waals surface area contributed by atoms with Crippen molar-refractivity contribution >= 4 is 5.97 Å². The minimum atomic E-state index is -0.757. The first-order valence-corrected chi connectivity index (χ1v) is 7.74. The SMILES string of the molecule is Cc1ccc(Oc2ccccc2)cc1.O=C(O)CCCCCO. The lowest BCUT2D eigenvalue weighted by atomic mass is 10.2. The van der Waals surface area contributed by atoms with E-state index in [-0.39, 0.29) is 13.0 Å². The molecule has 2 aromatic carbocycles. The second-order valence-corrected chi connectivity index (χ2v) is 5.16. The van der Waals surface area contributed by atoms with Crippen molar-refractivity contribution in [1.82, 2.24) is 0 Å². The maximum atomic E-state index is 9.90. The van der Waals surface area contributed by atoms with Gasteiger partial charge in [-0.05, 0) is 44.0 Å². The highest BCUT2D eigenvalue weighted by Gasteiger charge is 1.95. The molecule has 0 unspecified atom stereocenters. The third kappa shape index (κ3) is 9.32. The van der Waals surface area contributed by atoms with Gasteiger partial charge in [0.1, 0.15) is 11.5 Å². The number of carboxylic acids is 1. The van der Waals surface area contributed by atoms with Crippen LogP contribution < -0.4 is 4.74 Å². The summed E-state index contributed by atoms with van der Waals surface area (Å²) in [6.45, 7) is 2.23. The molecular formula is C19H24O4. The fraction of sp³-hybridized carbons (Fsp3) is 0.316. The fourth-order valence-corrected chi connectivity index (χ4v) is 1.80. The first kappa shape index (κ1) is 18.7. The number of hydrogen-bond acceptors (Lipinski definition) is 3. The quantitative estimate of drug-likeness (QED) is 0.742. The Morgan fingerprint density at radius 2 is 1.52 bits per heavy atom. The number of hydrogen-bond donors (Lipinski definition) is 2. The van der Waals surface area contributed by atoms with Gasteiger partial charge in [0, 0.05) is 13.0 Å². The standard InChI is InChI=1S/C13H12O.C6H12O3/c1-11-7-9-13(10-8-11)14-12-5-3-2-4-6-12;7-5-3-1-2-4-6(8)9/h2-10H,1H3;7H,1-5H2,(H,8,9). The van der Waals surface area contributed by atoms with Crippen molar-refractivity contribution in [3.05, 3.63) is 60.2 Å². The summed E-state index contributed by atoms with van der Waals surface area (Å²) in [4.78, 5) is 9.90. The summed E-state index contributed by atoms with van der Waals surface area (Å²) < 4.78 is 5.63. The van der Waals surface area contributed by atoms with Crippen LogP contribution in [0.25, 0.3) is 0 Å². The van der Waals surface area contributed by atoms with E-state index in [1.807, 2.05) is 54.6 Å². The van der Waals surface area contributed by atoms with Crippen LogP contribution in [-0.4, -0.2) is 22.8 Å². The van der Waals surface area contributed by atoms with Gasteiger partial charge < -0.3 is 14.9 Å². The summed E-state index contributed by atoms with van der Waals surface area (Å²) in [6, 6.07) is 17.8. The lowest BCUT2D eigenvalue weighted by molar-refractivity contribution is -0.137. The van der Waals surface area contributed by atoms with Gasteiger partial charge in [-0.2, -0.15) is 0 Å². The summed E-state index contributed by atoms with van der Waals surface area (Å²) in [5, 5.41) is 16.4. The van der Waals surface area contributed by atoms with Crippen molar-refractivity contribution in [3.63, 3.8) is 0 Å². The zero-order valence-electron chi connectivity index (χ0n) is 13.4. The Morgan fingerprint density at radius 3 is 2.09 bits per heavy atom. The van der Waals surface area contributed by atoms with E-state index in [4.69, 9.17) is 14.9 Å². The largest absolute Gasteiger partial charge is 0.481 e. The van der Waals surface area contributed by atoms with E-state index >= 15 is 0 Å². The average molecular weight is 316 g/mol. The summed E-state index contributed by atoms with van der Waals surface area (Å²) in [5.41, 5.74) is 1.24. The first-order chi connectivity index (χ1) is 11.1. The van der Waals surface area contributed by atoms with E-state index in [0.29, 0.717) is 12.8 Å². The summed E-state index contributed by atoms with van der Waals surface area (Å²) in [6.07, 6.45) is 2.42. The molecular weight excluding hydrogens is 292 g/mol. The first-order valence-electron chi connectivity index (χ1n) is 7.74. The Labute approximate surface area is 137 Å². The molecule has 4 heteroatoms. The number of ether oxygens (including phenoxy) is 1. The maximum Gasteiger partial charge on any atom is 0.303 e. The molecule has 0 saturated carbocycles. The summed E-state index contributed by atoms with van der Waals surface area (Å²) in [7, 11) is 0. The van der Waals surface area contributed by atoms with Gasteiger partial charge in [-0.15, -0.1) is 0 Å². The highest BCUT2D eigenvalue weighted by atomic mass is 16.5. The average Bonchev–Trinajstić information content (AvgIpc) is 2.55. The maximum absolute atomic E-state index is 9.90. The Kier molecular flexibility index (Phi) is 9.17. The highest BCUT2D eigenvalue weighted by Crippen LogP contribution is 2.20. The van der Waals surface area contributed by atoms with Crippen molar-refractivity contribution in [1.29, 1.82) is 0 Å². The van der Waals surface area contributed by atoms with E-state index in [0.717, 1.165) is 17.9 Å². The van der Waals surface area contributed by atoms with Gasteiger partial charge in [0.15, 0.2) is 0 Å². The molecule has 0 atom stereocenters. The number of benzene rings is 2. The lowest BCUT2D eigenvalue weighted by Gasteiger charge is -2.04. The number of aliphatic hydroxyl groups is 1. The van der Waals surface area contributed by atoms with E-state index in [1.54, 1.807) is 0 Å². The van der Waals surface area contributed by atoms with Crippen molar-refractivity contribution < 1.29 is 19.7 Å². The molecule has 0 radical (unpaired) electrons. The topological polar surface area (TPSA) is 66.8 Å². The third-order valence-corrected chi connectivity index (χ3v) is 3.05. The molecule has 0 aliphatic rings. The van der Waals surface area contributed by atoms with Gasteiger partial charge in [0.05, 0.1) is 0 Å². The monoisotopic (exact) mass is 316 g/mol. The fourth-order valence-electron chi connectivity index (χ4n) is 1.80. The zero-order chi connectivity index (χ0) is 16.9. The number of unbranched alkanes of at least 4 members (excludes halogenated alkanes) is 2. The van der Waals surface area contributed by atoms with Crippen LogP contribution in [0.5, 0.6) is 11.5 Å². The van der Waals surface area contributed by atoms with Crippen LogP contribution in [0.1, 0.15) is 31.2 Å². The minimum Gasteiger partial charge on any atom is -0.481 e. The van der Waals surface area contributed by atoms with Crippen molar-refractivity contribution in [2.24, 2.45) is 0 Å². The summed E-state index contributed by atoms with van der Waals surface area (Å²) >= 11 is 0. The molecule has 0 amide bonds. The van der Waals surface area contributed by atoms with Gasteiger partial charge in [-0.1, -0.05) is 42.3 Å². The van der Waals surface area contributed by atoms with E-state index in [9.17, 15) is 4.79 Å². The Hall–Kier alpha value is -2.33. The molecule has 23 heavy (non-hydrogen) atoms. The smallest absolute Gasteiger partial charge is 0.303 e. The molecule has 4 nitrogen and oxygen atoms in total. The van der Waals surface area contributed by atoms with Gasteiger partial charge in [0.25, 0.3) is 0 Å². The molecule has 0 fully saturated rings. The van der Waals surface area contributed by atoms with Crippen LogP contribution in [0.3, 0.4) is 0 Å². The Morgan fingerprint density at radius 1 is 0.913 bits per heavy atom. The predicted octanol–water partition coefficient (Wildman–Crippen LogP) is 4.41. The van der Waals surface area contributed by atoms with E-state index in [1.165, 1.54) is 5.56 Å². The van der Waals surface area contributed by atoms with Gasteiger partial charge in [0.2, 0.25) is 0 Å². The molecule has 0 bridgehead atoms. The lowest BCUT2D eigenvalue weighted by Crippen LogP contribution is -1.94. The molecule has 2 N–H and O–H groups in total. The Bertz CT molecular complexity index is 549. The van der Waals surface area contributed by atoms with Crippen LogP contribution in [-0.2, 0) is 4.79 Å². The van der Waals surface area contributed by atoms with Crippen LogP contribution in [0.4, 0.5) is 0 Å². The molecule has 124 valence electrons. The molecule has 0 aliphatic heterocycles. The molecule has 0 aliphatic carbocycles. The number of aliphatic hydroxyl groups excluding tert-OH is 1. The van der Waals surface area contributed by atoms with Crippen molar-refractivity contribution in [2.75, 3.05) is 6.61 Å². The van der Waals surface area contributed by atoms with Crippen LogP contribution >= 0.6 is 0 Å². The second-order valence-electron chi connectivity index (χ2n) is 5.16. The van der Waals surface area contributed by atoms with Crippen molar-refractivity contribution in [2.45, 2.75) is 32.6 Å². The van der Waals surface area contributed by atoms with E-state index in [2.05, 4.69) is 6.92 Å². The molecule has 0 spiro atoms. The molecule has 2 rings (SSSR count). The number of aliphatic carboxylic acids is 1. The normalized spacial score (nSPS) is 9.65. The van der Waals surface area contributed by atoms with Crippen molar-refractivity contribution in [3.8, 4) is 11.5 Å². The van der Waals surface area contributed by atoms with Crippen LogP contribution in [0.2, 0.25) is 0 Å². The number of rotatable bonds is 7. The predicted molar refractivity (Wildman–Crippen MR) is 90.9 cm³/mol. The highest BCUT2D eigenvalue weighted by molar-refractivity contribution is 5.66. The van der Waals surface area contributed by atoms with Crippen LogP contribution in [0, 0.1) is 6.92 Å². The molecule has 2 aromatic rings. The van der Waals surface area contributed by atoms with Gasteiger partial charge in [-0.25, -0.2) is 0 Å². The molecule has 0 saturated heterocycles. The molecule has 0 heterocycles. The number of carbonyl (C=O) groups is 1. The minimum absolute atomic E-state index is 0.166. The summed E-state index contributed by atoms with van der Waals surface area (Å²) in [5.74, 6) is 0.992. The van der Waals surface area contributed by atoms with Crippen LogP contribution in [0.15, 0.2) is 54.6 Å². The van der Waals surface area contributed by atoms with E-state index < -0.39 is 5.97 Å². The third-order valence-electron chi connectivity index (χ3n) is 3.05. The zero-order valence-corrected chi connectivity index (χ0v) is 13.4. The number of carboxylic acid groups (broad SMARTS) is 1. The molecule has 0 aromatic heterocycles. The number of para-hydroxylation sites is 1. The number of aryl methyl sites for hydroxylation is 1.